The summed E-state index contributed by atoms with van der Waals surface area (Å²) in [5.74, 6) is 0.764. The van der Waals surface area contributed by atoms with E-state index < -0.39 is 5.60 Å². The molecular weight excluding hydrogens is 282 g/mol. The standard InChI is InChI=1S/C16H25N3O3/c1-2-13-9-17-14(18-10-13)19-6-3-16(4-7-19)11-15(21,12-20)5-8-22-16/h9-10,20-21H,2-8,11-12H2,1H3. The largest absolute Gasteiger partial charge is 0.393 e. The Balaban J connectivity index is 1.64. The lowest BCUT2D eigenvalue weighted by Gasteiger charge is -2.48. The van der Waals surface area contributed by atoms with Gasteiger partial charge in [-0.3, -0.25) is 0 Å². The minimum atomic E-state index is -0.986. The van der Waals surface area contributed by atoms with Crippen LogP contribution in [0, 0.1) is 0 Å². The summed E-state index contributed by atoms with van der Waals surface area (Å²) in [6, 6.07) is 0. The summed E-state index contributed by atoms with van der Waals surface area (Å²) < 4.78 is 5.99. The van der Waals surface area contributed by atoms with Gasteiger partial charge in [0, 0.05) is 38.3 Å². The number of rotatable bonds is 3. The van der Waals surface area contributed by atoms with E-state index in [1.165, 1.54) is 0 Å². The van der Waals surface area contributed by atoms with Gasteiger partial charge in [-0.25, -0.2) is 9.97 Å². The maximum absolute atomic E-state index is 10.4. The van der Waals surface area contributed by atoms with E-state index in [9.17, 15) is 10.2 Å². The molecular formula is C16H25N3O3. The fourth-order valence-electron chi connectivity index (χ4n) is 3.46. The summed E-state index contributed by atoms with van der Waals surface area (Å²) in [7, 11) is 0. The molecule has 0 amide bonds. The molecule has 6 nitrogen and oxygen atoms in total. The van der Waals surface area contributed by atoms with Crippen molar-refractivity contribution in [1.82, 2.24) is 9.97 Å². The minimum absolute atomic E-state index is 0.191. The third-order valence-corrected chi connectivity index (χ3v) is 4.98. The van der Waals surface area contributed by atoms with Crippen molar-refractivity contribution in [2.24, 2.45) is 0 Å². The fourth-order valence-corrected chi connectivity index (χ4v) is 3.46. The third-order valence-electron chi connectivity index (χ3n) is 4.98. The van der Waals surface area contributed by atoms with Crippen LogP contribution in [-0.4, -0.2) is 57.7 Å². The molecule has 0 aliphatic carbocycles. The van der Waals surface area contributed by atoms with Crippen LogP contribution in [0.15, 0.2) is 12.4 Å². The molecule has 2 fully saturated rings. The molecule has 2 aliphatic rings. The van der Waals surface area contributed by atoms with Gasteiger partial charge in [0.25, 0.3) is 0 Å². The summed E-state index contributed by atoms with van der Waals surface area (Å²) in [6.45, 7) is 4.04. The molecule has 0 saturated carbocycles. The molecule has 22 heavy (non-hydrogen) atoms. The molecule has 2 N–H and O–H groups in total. The quantitative estimate of drug-likeness (QED) is 0.864. The third kappa shape index (κ3) is 3.09. The Morgan fingerprint density at radius 2 is 1.91 bits per heavy atom. The van der Waals surface area contributed by atoms with Crippen LogP contribution >= 0.6 is 0 Å². The topological polar surface area (TPSA) is 78.7 Å². The van der Waals surface area contributed by atoms with Crippen LogP contribution in [0.4, 0.5) is 5.95 Å². The maximum atomic E-state index is 10.4. The number of aryl methyl sites for hydroxylation is 1. The summed E-state index contributed by atoms with van der Waals surface area (Å²) in [5, 5.41) is 19.8. The van der Waals surface area contributed by atoms with Gasteiger partial charge >= 0.3 is 0 Å². The second-order valence-electron chi connectivity index (χ2n) is 6.57. The van der Waals surface area contributed by atoms with Crippen molar-refractivity contribution in [3.8, 4) is 0 Å². The second-order valence-corrected chi connectivity index (χ2v) is 6.57. The van der Waals surface area contributed by atoms with Crippen molar-refractivity contribution in [3.63, 3.8) is 0 Å². The van der Waals surface area contributed by atoms with Gasteiger partial charge in [-0.05, 0) is 24.8 Å². The highest BCUT2D eigenvalue weighted by Gasteiger charge is 2.46. The zero-order valence-corrected chi connectivity index (χ0v) is 13.2. The Morgan fingerprint density at radius 3 is 2.50 bits per heavy atom. The Labute approximate surface area is 131 Å². The highest BCUT2D eigenvalue weighted by molar-refractivity contribution is 5.31. The number of anilines is 1. The predicted octanol–water partition coefficient (Wildman–Crippen LogP) is 0.912. The van der Waals surface area contributed by atoms with Gasteiger partial charge < -0.3 is 19.8 Å². The SMILES string of the molecule is CCc1cnc(N2CCC3(CC2)CC(O)(CO)CCO3)nc1. The van der Waals surface area contributed by atoms with E-state index in [2.05, 4.69) is 21.8 Å². The summed E-state index contributed by atoms with van der Waals surface area (Å²) in [5.41, 5.74) is -0.157. The number of nitrogens with zero attached hydrogens (tertiary/aromatic N) is 3. The van der Waals surface area contributed by atoms with E-state index in [1.54, 1.807) is 0 Å². The van der Waals surface area contributed by atoms with Crippen molar-refractivity contribution < 1.29 is 14.9 Å². The molecule has 2 aliphatic heterocycles. The first-order chi connectivity index (χ1) is 10.6. The van der Waals surface area contributed by atoms with Gasteiger partial charge in [0.2, 0.25) is 5.95 Å². The van der Waals surface area contributed by atoms with Gasteiger partial charge in [-0.15, -0.1) is 0 Å². The van der Waals surface area contributed by atoms with E-state index in [4.69, 9.17) is 4.74 Å². The first-order valence-electron chi connectivity index (χ1n) is 8.11. The normalized spacial score (nSPS) is 28.0. The van der Waals surface area contributed by atoms with E-state index >= 15 is 0 Å². The lowest BCUT2D eigenvalue weighted by Crippen LogP contribution is -2.55. The Kier molecular flexibility index (Phi) is 4.34. The van der Waals surface area contributed by atoms with E-state index in [1.807, 2.05) is 12.4 Å². The summed E-state index contributed by atoms with van der Waals surface area (Å²) in [4.78, 5) is 11.0. The number of ether oxygens (including phenoxy) is 1. The molecule has 3 rings (SSSR count). The van der Waals surface area contributed by atoms with E-state index in [0.29, 0.717) is 19.4 Å². The minimum Gasteiger partial charge on any atom is -0.393 e. The van der Waals surface area contributed by atoms with Crippen LogP contribution < -0.4 is 4.90 Å². The molecule has 3 heterocycles. The average Bonchev–Trinajstić information content (AvgIpc) is 2.56. The van der Waals surface area contributed by atoms with Crippen molar-refractivity contribution in [1.29, 1.82) is 0 Å². The van der Waals surface area contributed by atoms with Crippen LogP contribution in [-0.2, 0) is 11.2 Å². The van der Waals surface area contributed by atoms with Crippen molar-refractivity contribution in [2.75, 3.05) is 31.2 Å². The van der Waals surface area contributed by atoms with Gasteiger partial charge in [0.15, 0.2) is 0 Å². The first kappa shape index (κ1) is 15.6. The molecule has 0 aromatic carbocycles. The number of piperidine rings is 1. The molecule has 1 spiro atoms. The lowest BCUT2D eigenvalue weighted by atomic mass is 9.77. The Morgan fingerprint density at radius 1 is 1.23 bits per heavy atom. The second kappa shape index (κ2) is 6.10. The zero-order valence-electron chi connectivity index (χ0n) is 13.2. The lowest BCUT2D eigenvalue weighted by molar-refractivity contribution is -0.180. The molecule has 0 radical (unpaired) electrons. The van der Waals surface area contributed by atoms with Gasteiger partial charge in [0.1, 0.15) is 0 Å². The van der Waals surface area contributed by atoms with Crippen molar-refractivity contribution >= 4 is 5.95 Å². The van der Waals surface area contributed by atoms with Crippen LogP contribution in [0.3, 0.4) is 0 Å². The van der Waals surface area contributed by atoms with Gasteiger partial charge in [0.05, 0.1) is 24.4 Å². The van der Waals surface area contributed by atoms with Gasteiger partial charge in [-0.1, -0.05) is 6.92 Å². The predicted molar refractivity (Wildman–Crippen MR) is 82.8 cm³/mol. The monoisotopic (exact) mass is 307 g/mol. The van der Waals surface area contributed by atoms with Crippen LogP contribution in [0.25, 0.3) is 0 Å². The highest BCUT2D eigenvalue weighted by Crippen LogP contribution is 2.39. The number of aliphatic hydroxyl groups excluding tert-OH is 1. The number of aliphatic hydroxyl groups is 2. The Hall–Kier alpha value is -1.24. The molecule has 2 saturated heterocycles. The number of hydrogen-bond acceptors (Lipinski definition) is 6. The Bertz CT molecular complexity index is 500. The average molecular weight is 307 g/mol. The molecule has 122 valence electrons. The molecule has 1 unspecified atom stereocenters. The van der Waals surface area contributed by atoms with Crippen LogP contribution in [0.5, 0.6) is 0 Å². The van der Waals surface area contributed by atoms with E-state index in [-0.39, 0.29) is 12.2 Å². The maximum Gasteiger partial charge on any atom is 0.225 e. The summed E-state index contributed by atoms with van der Waals surface area (Å²) in [6.07, 6.45) is 7.39. The number of hydrogen-bond donors (Lipinski definition) is 2. The smallest absolute Gasteiger partial charge is 0.225 e. The van der Waals surface area contributed by atoms with Crippen molar-refractivity contribution in [2.45, 2.75) is 50.2 Å². The molecule has 1 aromatic rings. The molecule has 0 bridgehead atoms. The summed E-state index contributed by atoms with van der Waals surface area (Å²) >= 11 is 0. The highest BCUT2D eigenvalue weighted by atomic mass is 16.5. The molecule has 1 atom stereocenters. The number of aromatic nitrogens is 2. The zero-order chi connectivity index (χ0) is 15.6. The van der Waals surface area contributed by atoms with Crippen LogP contribution in [0.2, 0.25) is 0 Å². The van der Waals surface area contributed by atoms with Crippen LogP contribution in [0.1, 0.15) is 38.2 Å². The molecule has 6 heteroatoms. The van der Waals surface area contributed by atoms with Crippen molar-refractivity contribution in [3.05, 3.63) is 18.0 Å². The van der Waals surface area contributed by atoms with Gasteiger partial charge in [-0.2, -0.15) is 0 Å². The first-order valence-corrected chi connectivity index (χ1v) is 8.11. The van der Waals surface area contributed by atoms with E-state index in [0.717, 1.165) is 43.9 Å². The fraction of sp³-hybridized carbons (Fsp3) is 0.750. The molecule has 1 aromatic heterocycles.